The third-order valence-electron chi connectivity index (χ3n) is 4.00. The number of rotatable bonds is 3. The highest BCUT2D eigenvalue weighted by Gasteiger charge is 2.08. The van der Waals surface area contributed by atoms with Crippen molar-refractivity contribution < 1.29 is 5.11 Å². The number of aliphatic hydroxyl groups excluding tert-OH is 1. The molecule has 4 rings (SSSR count). The van der Waals surface area contributed by atoms with Gasteiger partial charge < -0.3 is 10.8 Å². The lowest BCUT2D eigenvalue weighted by atomic mass is 10.1. The van der Waals surface area contributed by atoms with E-state index in [0.29, 0.717) is 0 Å². The molecular formula is C19H16N4O. The first-order valence-electron chi connectivity index (χ1n) is 7.64. The fourth-order valence-electron chi connectivity index (χ4n) is 2.74. The molecule has 0 radical (unpaired) electrons. The molecule has 5 nitrogen and oxygen atoms in total. The van der Waals surface area contributed by atoms with Crippen LogP contribution in [-0.4, -0.2) is 19.5 Å². The molecule has 0 saturated heterocycles. The molecule has 3 aromatic heterocycles. The zero-order valence-corrected chi connectivity index (χ0v) is 12.9. The number of aromatic nitrogens is 3. The third-order valence-corrected chi connectivity index (χ3v) is 4.00. The molecule has 0 bridgehead atoms. The van der Waals surface area contributed by atoms with Crippen LogP contribution in [-0.2, 0) is 6.61 Å². The third kappa shape index (κ3) is 2.51. The number of fused-ring (bicyclic) bond motifs is 1. The highest BCUT2D eigenvalue weighted by Crippen LogP contribution is 2.25. The standard InChI is InChI=1S/C19H16N4O/c20-16-3-1-2-15(8-16)18-11-22-19-9-14(6-7-23(18)19)17-5-4-13(12-24)10-21-17/h1-11,24H,12,20H2. The van der Waals surface area contributed by atoms with Gasteiger partial charge >= 0.3 is 0 Å². The molecule has 118 valence electrons. The fraction of sp³-hybridized carbons (Fsp3) is 0.0526. The molecule has 3 N–H and O–H groups in total. The minimum atomic E-state index is -0.00383. The van der Waals surface area contributed by atoms with Crippen molar-refractivity contribution in [3.05, 3.63) is 72.7 Å². The van der Waals surface area contributed by atoms with Crippen LogP contribution in [0, 0.1) is 0 Å². The van der Waals surface area contributed by atoms with Crippen LogP contribution in [0.5, 0.6) is 0 Å². The molecule has 5 heteroatoms. The summed E-state index contributed by atoms with van der Waals surface area (Å²) in [6, 6.07) is 15.5. The van der Waals surface area contributed by atoms with E-state index < -0.39 is 0 Å². The van der Waals surface area contributed by atoms with Crippen LogP contribution in [0.2, 0.25) is 0 Å². The van der Waals surface area contributed by atoms with Crippen LogP contribution >= 0.6 is 0 Å². The molecule has 0 amide bonds. The molecule has 0 aliphatic heterocycles. The number of hydrogen-bond acceptors (Lipinski definition) is 4. The molecule has 0 aliphatic carbocycles. The SMILES string of the molecule is Nc1cccc(-c2cnc3cc(-c4ccc(CO)cn4)ccn23)c1. The van der Waals surface area contributed by atoms with Crippen molar-refractivity contribution in [3.8, 4) is 22.5 Å². The van der Waals surface area contributed by atoms with Crippen LogP contribution in [0.1, 0.15) is 5.56 Å². The van der Waals surface area contributed by atoms with E-state index in [0.717, 1.165) is 39.4 Å². The zero-order chi connectivity index (χ0) is 16.5. The van der Waals surface area contributed by atoms with E-state index in [1.807, 2.05) is 65.3 Å². The maximum absolute atomic E-state index is 9.11. The Morgan fingerprint density at radius 1 is 0.958 bits per heavy atom. The Bertz CT molecular complexity index is 1010. The average Bonchev–Trinajstić information content (AvgIpc) is 3.05. The summed E-state index contributed by atoms with van der Waals surface area (Å²) in [6.07, 6.45) is 5.51. The van der Waals surface area contributed by atoms with E-state index >= 15 is 0 Å². The second-order valence-electron chi connectivity index (χ2n) is 5.62. The van der Waals surface area contributed by atoms with Gasteiger partial charge in [0.15, 0.2) is 0 Å². The molecule has 4 aromatic rings. The van der Waals surface area contributed by atoms with Crippen molar-refractivity contribution in [3.63, 3.8) is 0 Å². The van der Waals surface area contributed by atoms with Gasteiger partial charge in [-0.15, -0.1) is 0 Å². The van der Waals surface area contributed by atoms with Gasteiger partial charge in [-0.05, 0) is 35.9 Å². The molecular weight excluding hydrogens is 300 g/mol. The van der Waals surface area contributed by atoms with Gasteiger partial charge in [-0.1, -0.05) is 18.2 Å². The lowest BCUT2D eigenvalue weighted by Crippen LogP contribution is -1.92. The number of nitrogen functional groups attached to an aromatic ring is 1. The summed E-state index contributed by atoms with van der Waals surface area (Å²) >= 11 is 0. The zero-order valence-electron chi connectivity index (χ0n) is 12.9. The van der Waals surface area contributed by atoms with Crippen molar-refractivity contribution >= 4 is 11.3 Å². The molecule has 0 aliphatic rings. The minimum absolute atomic E-state index is 0.00383. The van der Waals surface area contributed by atoms with E-state index in [1.165, 1.54) is 0 Å². The molecule has 0 unspecified atom stereocenters. The van der Waals surface area contributed by atoms with Crippen molar-refractivity contribution in [1.82, 2.24) is 14.4 Å². The first kappa shape index (κ1) is 14.4. The quantitative estimate of drug-likeness (QED) is 0.569. The summed E-state index contributed by atoms with van der Waals surface area (Å²) in [5, 5.41) is 9.11. The Labute approximate surface area is 139 Å². The van der Waals surface area contributed by atoms with Crippen LogP contribution in [0.3, 0.4) is 0 Å². The summed E-state index contributed by atoms with van der Waals surface area (Å²) in [4.78, 5) is 8.89. The van der Waals surface area contributed by atoms with Gasteiger partial charge in [-0.25, -0.2) is 4.98 Å². The molecule has 3 heterocycles. The Hall–Kier alpha value is -3.18. The maximum atomic E-state index is 9.11. The van der Waals surface area contributed by atoms with Crippen molar-refractivity contribution in [2.24, 2.45) is 0 Å². The van der Waals surface area contributed by atoms with Gasteiger partial charge in [0.25, 0.3) is 0 Å². The van der Waals surface area contributed by atoms with Crippen LogP contribution < -0.4 is 5.73 Å². The normalized spacial score (nSPS) is 11.0. The highest BCUT2D eigenvalue weighted by atomic mass is 16.3. The molecule has 1 aromatic carbocycles. The number of benzene rings is 1. The van der Waals surface area contributed by atoms with E-state index in [4.69, 9.17) is 10.8 Å². The Morgan fingerprint density at radius 2 is 1.88 bits per heavy atom. The predicted octanol–water partition coefficient (Wildman–Crippen LogP) is 3.14. The van der Waals surface area contributed by atoms with Gasteiger partial charge in [-0.2, -0.15) is 0 Å². The predicted molar refractivity (Wildman–Crippen MR) is 94.2 cm³/mol. The summed E-state index contributed by atoms with van der Waals surface area (Å²) in [7, 11) is 0. The summed E-state index contributed by atoms with van der Waals surface area (Å²) in [5.41, 5.74) is 12.1. The summed E-state index contributed by atoms with van der Waals surface area (Å²) in [5.74, 6) is 0. The Kier molecular flexibility index (Phi) is 3.48. The number of pyridine rings is 2. The van der Waals surface area contributed by atoms with Gasteiger partial charge in [0.2, 0.25) is 0 Å². The number of aliphatic hydroxyl groups is 1. The smallest absolute Gasteiger partial charge is 0.137 e. The largest absolute Gasteiger partial charge is 0.399 e. The van der Waals surface area contributed by atoms with Gasteiger partial charge in [0.1, 0.15) is 5.65 Å². The Morgan fingerprint density at radius 3 is 2.62 bits per heavy atom. The second kappa shape index (κ2) is 5.79. The molecule has 0 spiro atoms. The van der Waals surface area contributed by atoms with Gasteiger partial charge in [0.05, 0.1) is 24.2 Å². The van der Waals surface area contributed by atoms with Gasteiger partial charge in [-0.3, -0.25) is 9.38 Å². The van der Waals surface area contributed by atoms with Crippen molar-refractivity contribution in [2.75, 3.05) is 5.73 Å². The number of anilines is 1. The lowest BCUT2D eigenvalue weighted by molar-refractivity contribution is 0.281. The molecule has 0 saturated carbocycles. The average molecular weight is 316 g/mol. The van der Waals surface area contributed by atoms with E-state index in [-0.39, 0.29) is 6.61 Å². The summed E-state index contributed by atoms with van der Waals surface area (Å²) < 4.78 is 2.03. The number of nitrogens with two attached hydrogens (primary N) is 1. The van der Waals surface area contributed by atoms with E-state index in [9.17, 15) is 0 Å². The first-order chi connectivity index (χ1) is 11.7. The highest BCUT2D eigenvalue weighted by molar-refractivity contribution is 5.70. The minimum Gasteiger partial charge on any atom is -0.399 e. The van der Waals surface area contributed by atoms with Crippen molar-refractivity contribution in [2.45, 2.75) is 6.61 Å². The number of hydrogen-bond donors (Lipinski definition) is 2. The number of imidazole rings is 1. The Balaban J connectivity index is 1.77. The summed E-state index contributed by atoms with van der Waals surface area (Å²) in [6.45, 7) is -0.00383. The molecule has 0 atom stereocenters. The number of nitrogens with zero attached hydrogens (tertiary/aromatic N) is 3. The topological polar surface area (TPSA) is 76.4 Å². The van der Waals surface area contributed by atoms with Crippen LogP contribution in [0.25, 0.3) is 28.2 Å². The second-order valence-corrected chi connectivity index (χ2v) is 5.62. The van der Waals surface area contributed by atoms with E-state index in [2.05, 4.69) is 9.97 Å². The van der Waals surface area contributed by atoms with Gasteiger partial charge in [0, 0.05) is 29.2 Å². The molecule has 0 fully saturated rings. The van der Waals surface area contributed by atoms with E-state index in [1.54, 1.807) is 6.20 Å². The fourth-order valence-corrected chi connectivity index (χ4v) is 2.74. The van der Waals surface area contributed by atoms with Crippen LogP contribution in [0.15, 0.2) is 67.1 Å². The first-order valence-corrected chi connectivity index (χ1v) is 7.64. The monoisotopic (exact) mass is 316 g/mol. The maximum Gasteiger partial charge on any atom is 0.137 e. The molecule has 24 heavy (non-hydrogen) atoms. The lowest BCUT2D eigenvalue weighted by Gasteiger charge is -2.06. The van der Waals surface area contributed by atoms with Crippen LogP contribution in [0.4, 0.5) is 5.69 Å². The van der Waals surface area contributed by atoms with Crippen molar-refractivity contribution in [1.29, 1.82) is 0 Å².